The number of rotatable bonds is 6. The molecule has 1 aliphatic rings. The fraction of sp³-hybridized carbons (Fsp3) is 0.600. The van der Waals surface area contributed by atoms with Crippen LogP contribution in [0.1, 0.15) is 30.4 Å². The zero-order valence-electron chi connectivity index (χ0n) is 11.1. The van der Waals surface area contributed by atoms with E-state index in [4.69, 9.17) is 4.74 Å². The van der Waals surface area contributed by atoms with E-state index < -0.39 is 0 Å². The average molecular weight is 249 g/mol. The van der Waals surface area contributed by atoms with Crippen LogP contribution >= 0.6 is 0 Å². The zero-order chi connectivity index (χ0) is 12.8. The third-order valence-corrected chi connectivity index (χ3v) is 3.68. The van der Waals surface area contributed by atoms with Crippen molar-refractivity contribution in [2.45, 2.75) is 38.5 Å². The Morgan fingerprint density at radius 2 is 2.06 bits per heavy atom. The number of nitrogens with one attached hydrogen (secondary N) is 1. The Balaban J connectivity index is 1.79. The molecule has 0 aromatic heterocycles. The van der Waals surface area contributed by atoms with Crippen molar-refractivity contribution in [1.82, 2.24) is 5.32 Å². The minimum Gasteiger partial charge on any atom is -0.393 e. The Morgan fingerprint density at radius 1 is 1.28 bits per heavy atom. The largest absolute Gasteiger partial charge is 0.393 e. The summed E-state index contributed by atoms with van der Waals surface area (Å²) in [6.07, 6.45) is 2.99. The van der Waals surface area contributed by atoms with E-state index in [0.29, 0.717) is 12.5 Å². The lowest BCUT2D eigenvalue weighted by molar-refractivity contribution is 0.177. The quantitative estimate of drug-likeness (QED) is 0.811. The molecule has 2 rings (SSSR count). The molecule has 2 atom stereocenters. The van der Waals surface area contributed by atoms with Gasteiger partial charge in [-0.2, -0.15) is 0 Å². The van der Waals surface area contributed by atoms with Gasteiger partial charge >= 0.3 is 0 Å². The van der Waals surface area contributed by atoms with E-state index in [0.717, 1.165) is 32.4 Å². The Bertz CT molecular complexity index is 367. The SMILES string of the molecule is COCc1ccccc1CNCC1CCC(O)C1. The average Bonchev–Trinajstić information content (AvgIpc) is 2.78. The molecule has 18 heavy (non-hydrogen) atoms. The second-order valence-corrected chi connectivity index (χ2v) is 5.17. The van der Waals surface area contributed by atoms with Crippen molar-refractivity contribution in [2.24, 2.45) is 5.92 Å². The summed E-state index contributed by atoms with van der Waals surface area (Å²) >= 11 is 0. The van der Waals surface area contributed by atoms with E-state index in [9.17, 15) is 5.11 Å². The Morgan fingerprint density at radius 3 is 2.72 bits per heavy atom. The molecule has 0 bridgehead atoms. The van der Waals surface area contributed by atoms with Crippen LogP contribution in [-0.2, 0) is 17.9 Å². The maximum absolute atomic E-state index is 9.49. The molecule has 1 fully saturated rings. The molecule has 3 heteroatoms. The van der Waals surface area contributed by atoms with E-state index in [1.807, 2.05) is 6.07 Å². The highest BCUT2D eigenvalue weighted by Crippen LogP contribution is 2.24. The van der Waals surface area contributed by atoms with Gasteiger partial charge in [0, 0.05) is 13.7 Å². The van der Waals surface area contributed by atoms with Gasteiger partial charge in [-0.05, 0) is 42.9 Å². The number of ether oxygens (including phenoxy) is 1. The van der Waals surface area contributed by atoms with Crippen molar-refractivity contribution >= 4 is 0 Å². The minimum atomic E-state index is -0.0717. The molecule has 0 spiro atoms. The number of hydrogen-bond donors (Lipinski definition) is 2. The lowest BCUT2D eigenvalue weighted by atomic mass is 10.1. The first-order valence-corrected chi connectivity index (χ1v) is 6.74. The highest BCUT2D eigenvalue weighted by molar-refractivity contribution is 5.26. The first-order valence-electron chi connectivity index (χ1n) is 6.74. The van der Waals surface area contributed by atoms with Gasteiger partial charge in [-0.25, -0.2) is 0 Å². The fourth-order valence-corrected chi connectivity index (χ4v) is 2.67. The maximum Gasteiger partial charge on any atom is 0.0716 e. The van der Waals surface area contributed by atoms with Crippen LogP contribution in [0.2, 0.25) is 0 Å². The van der Waals surface area contributed by atoms with Crippen molar-refractivity contribution in [3.05, 3.63) is 35.4 Å². The summed E-state index contributed by atoms with van der Waals surface area (Å²) in [4.78, 5) is 0. The van der Waals surface area contributed by atoms with Crippen molar-refractivity contribution in [1.29, 1.82) is 0 Å². The standard InChI is InChI=1S/C15H23NO2/c1-18-11-14-5-3-2-4-13(14)10-16-9-12-6-7-15(17)8-12/h2-5,12,15-17H,6-11H2,1H3. The maximum atomic E-state index is 9.49. The zero-order valence-corrected chi connectivity index (χ0v) is 11.1. The van der Waals surface area contributed by atoms with Gasteiger partial charge in [-0.15, -0.1) is 0 Å². The minimum absolute atomic E-state index is 0.0717. The number of aliphatic hydroxyl groups excluding tert-OH is 1. The van der Waals surface area contributed by atoms with Crippen molar-refractivity contribution < 1.29 is 9.84 Å². The van der Waals surface area contributed by atoms with Crippen molar-refractivity contribution in [3.8, 4) is 0 Å². The summed E-state index contributed by atoms with van der Waals surface area (Å²) in [5.74, 6) is 0.634. The normalized spacial score (nSPS) is 23.4. The van der Waals surface area contributed by atoms with Crippen molar-refractivity contribution in [3.63, 3.8) is 0 Å². The number of aliphatic hydroxyl groups is 1. The molecule has 0 radical (unpaired) electrons. The summed E-state index contributed by atoms with van der Waals surface area (Å²) in [5, 5.41) is 13.0. The first kappa shape index (κ1) is 13.5. The van der Waals surface area contributed by atoms with Crippen LogP contribution in [0.3, 0.4) is 0 Å². The van der Waals surface area contributed by atoms with Crippen LogP contribution in [0.25, 0.3) is 0 Å². The van der Waals surface area contributed by atoms with Crippen LogP contribution in [0, 0.1) is 5.92 Å². The molecule has 2 N–H and O–H groups in total. The van der Waals surface area contributed by atoms with E-state index in [1.165, 1.54) is 11.1 Å². The van der Waals surface area contributed by atoms with Gasteiger partial charge in [-0.3, -0.25) is 0 Å². The van der Waals surface area contributed by atoms with E-state index in [-0.39, 0.29) is 6.10 Å². The van der Waals surface area contributed by atoms with Crippen LogP contribution in [0.4, 0.5) is 0 Å². The molecule has 0 amide bonds. The third-order valence-electron chi connectivity index (χ3n) is 3.68. The summed E-state index contributed by atoms with van der Waals surface area (Å²) in [5.41, 5.74) is 2.55. The molecule has 1 saturated carbocycles. The molecular weight excluding hydrogens is 226 g/mol. The highest BCUT2D eigenvalue weighted by Gasteiger charge is 2.22. The fourth-order valence-electron chi connectivity index (χ4n) is 2.67. The number of benzene rings is 1. The smallest absolute Gasteiger partial charge is 0.0716 e. The third kappa shape index (κ3) is 3.80. The molecule has 1 aromatic rings. The van der Waals surface area contributed by atoms with Gasteiger partial charge < -0.3 is 15.2 Å². The van der Waals surface area contributed by atoms with Gasteiger partial charge in [-0.1, -0.05) is 24.3 Å². The van der Waals surface area contributed by atoms with Crippen LogP contribution in [-0.4, -0.2) is 24.9 Å². The molecule has 2 unspecified atom stereocenters. The van der Waals surface area contributed by atoms with E-state index >= 15 is 0 Å². The lowest BCUT2D eigenvalue weighted by Crippen LogP contribution is -2.22. The van der Waals surface area contributed by atoms with Gasteiger partial charge in [0.15, 0.2) is 0 Å². The molecule has 0 saturated heterocycles. The Labute approximate surface area is 109 Å². The topological polar surface area (TPSA) is 41.5 Å². The highest BCUT2D eigenvalue weighted by atomic mass is 16.5. The Kier molecular flexibility index (Phi) is 5.17. The van der Waals surface area contributed by atoms with E-state index in [2.05, 4.69) is 23.5 Å². The van der Waals surface area contributed by atoms with Crippen LogP contribution in [0.5, 0.6) is 0 Å². The van der Waals surface area contributed by atoms with Crippen LogP contribution in [0.15, 0.2) is 24.3 Å². The predicted molar refractivity (Wildman–Crippen MR) is 72.2 cm³/mol. The second kappa shape index (κ2) is 6.88. The number of methoxy groups -OCH3 is 1. The van der Waals surface area contributed by atoms with E-state index in [1.54, 1.807) is 7.11 Å². The van der Waals surface area contributed by atoms with Gasteiger partial charge in [0.1, 0.15) is 0 Å². The number of hydrogen-bond acceptors (Lipinski definition) is 3. The summed E-state index contributed by atoms with van der Waals surface area (Å²) in [7, 11) is 1.73. The van der Waals surface area contributed by atoms with Gasteiger partial charge in [0.25, 0.3) is 0 Å². The first-order chi connectivity index (χ1) is 8.79. The summed E-state index contributed by atoms with van der Waals surface area (Å²) < 4.78 is 5.20. The van der Waals surface area contributed by atoms with Gasteiger partial charge in [0.05, 0.1) is 12.7 Å². The Hall–Kier alpha value is -0.900. The summed E-state index contributed by atoms with van der Waals surface area (Å²) in [6, 6.07) is 8.37. The van der Waals surface area contributed by atoms with Gasteiger partial charge in [0.2, 0.25) is 0 Å². The van der Waals surface area contributed by atoms with Crippen molar-refractivity contribution in [2.75, 3.05) is 13.7 Å². The second-order valence-electron chi connectivity index (χ2n) is 5.17. The molecule has 1 aliphatic carbocycles. The molecule has 3 nitrogen and oxygen atoms in total. The lowest BCUT2D eigenvalue weighted by Gasteiger charge is -2.13. The molecule has 1 aromatic carbocycles. The predicted octanol–water partition coefficient (Wildman–Crippen LogP) is 2.08. The molecule has 0 aliphatic heterocycles. The molecular formula is C15H23NO2. The molecule has 0 heterocycles. The monoisotopic (exact) mass is 249 g/mol. The summed E-state index contributed by atoms with van der Waals surface area (Å²) in [6.45, 7) is 2.55. The molecule has 100 valence electrons. The van der Waals surface area contributed by atoms with Crippen LogP contribution < -0.4 is 5.32 Å².